The maximum atomic E-state index is 12.8. The van der Waals surface area contributed by atoms with E-state index < -0.39 is 23.8 Å². The van der Waals surface area contributed by atoms with E-state index in [0.717, 1.165) is 18.6 Å². The number of hydrogen-bond acceptors (Lipinski definition) is 3. The molecular weight excluding hydrogens is 361 g/mol. The van der Waals surface area contributed by atoms with Crippen molar-refractivity contribution in [2.75, 3.05) is 17.2 Å². The van der Waals surface area contributed by atoms with Crippen LogP contribution in [0.4, 0.5) is 24.5 Å². The summed E-state index contributed by atoms with van der Waals surface area (Å²) in [4.78, 5) is 24.4. The second kappa shape index (κ2) is 7.79. The monoisotopic (exact) mass is 378 g/mol. The number of hydrogen-bond donors (Lipinski definition) is 2. The largest absolute Gasteiger partial charge is 0.416 e. The second-order valence-electron chi connectivity index (χ2n) is 6.10. The number of halogens is 3. The highest BCUT2D eigenvalue weighted by molar-refractivity contribution is 6.05. The Morgan fingerprint density at radius 2 is 1.70 bits per heavy atom. The van der Waals surface area contributed by atoms with Gasteiger partial charge in [0.25, 0.3) is 11.8 Å². The van der Waals surface area contributed by atoms with Crippen LogP contribution in [0, 0.1) is 0 Å². The molecule has 0 spiro atoms. The fourth-order valence-corrected chi connectivity index (χ4v) is 2.72. The number of benzene rings is 2. The summed E-state index contributed by atoms with van der Waals surface area (Å²) in [5.41, 5.74) is -0.203. The Balaban J connectivity index is 1.69. The van der Waals surface area contributed by atoms with Crippen LogP contribution >= 0.6 is 0 Å². The molecule has 0 aromatic heterocycles. The molecule has 8 heteroatoms. The lowest BCUT2D eigenvalue weighted by Crippen LogP contribution is -2.27. The number of ether oxygens (including phenoxy) is 1. The lowest BCUT2D eigenvalue weighted by Gasteiger charge is -2.12. The van der Waals surface area contributed by atoms with E-state index in [0.29, 0.717) is 18.7 Å². The first kappa shape index (κ1) is 18.9. The number of anilines is 2. The van der Waals surface area contributed by atoms with Crippen molar-refractivity contribution in [3.8, 4) is 0 Å². The van der Waals surface area contributed by atoms with Gasteiger partial charge in [-0.3, -0.25) is 9.59 Å². The fraction of sp³-hybridized carbons (Fsp3) is 0.263. The molecule has 1 heterocycles. The Hall–Kier alpha value is -2.87. The highest BCUT2D eigenvalue weighted by Gasteiger charge is 2.30. The standard InChI is InChI=1S/C19H17F3N2O3/c20-19(21,22)13-5-2-7-15(11-13)23-17(25)12-4-1-6-14(10-12)24-18(26)16-8-3-9-27-16/h1-2,4-7,10-11,16H,3,8-9H2,(H,23,25)(H,24,26)/t16-/m1/s1. The topological polar surface area (TPSA) is 67.4 Å². The van der Waals surface area contributed by atoms with E-state index in [1.54, 1.807) is 12.1 Å². The Kier molecular flexibility index (Phi) is 5.46. The first-order chi connectivity index (χ1) is 12.8. The van der Waals surface area contributed by atoms with Gasteiger partial charge in [-0.15, -0.1) is 0 Å². The predicted octanol–water partition coefficient (Wildman–Crippen LogP) is 4.08. The first-order valence-corrected chi connectivity index (χ1v) is 8.34. The van der Waals surface area contributed by atoms with Gasteiger partial charge in [0, 0.05) is 23.5 Å². The lowest BCUT2D eigenvalue weighted by atomic mass is 10.1. The van der Waals surface area contributed by atoms with Crippen molar-refractivity contribution in [1.29, 1.82) is 0 Å². The van der Waals surface area contributed by atoms with Crippen LogP contribution in [0.5, 0.6) is 0 Å². The number of nitrogens with one attached hydrogen (secondary N) is 2. The van der Waals surface area contributed by atoms with E-state index >= 15 is 0 Å². The summed E-state index contributed by atoms with van der Waals surface area (Å²) in [5.74, 6) is -0.870. The summed E-state index contributed by atoms with van der Waals surface area (Å²) in [6, 6.07) is 10.5. The molecule has 1 fully saturated rings. The molecule has 2 amide bonds. The van der Waals surface area contributed by atoms with Gasteiger partial charge in [0.05, 0.1) is 5.56 Å². The van der Waals surface area contributed by atoms with Crippen molar-refractivity contribution in [3.05, 3.63) is 59.7 Å². The summed E-state index contributed by atoms with van der Waals surface area (Å²) in [7, 11) is 0. The van der Waals surface area contributed by atoms with Crippen molar-refractivity contribution >= 4 is 23.2 Å². The fourth-order valence-electron chi connectivity index (χ4n) is 2.72. The quantitative estimate of drug-likeness (QED) is 0.843. The van der Waals surface area contributed by atoms with Crippen molar-refractivity contribution in [2.24, 2.45) is 0 Å². The molecule has 1 saturated heterocycles. The maximum Gasteiger partial charge on any atom is 0.416 e. The van der Waals surface area contributed by atoms with E-state index in [4.69, 9.17) is 4.74 Å². The highest BCUT2D eigenvalue weighted by Crippen LogP contribution is 2.30. The van der Waals surface area contributed by atoms with Gasteiger partial charge in [0.2, 0.25) is 0 Å². The van der Waals surface area contributed by atoms with E-state index in [-0.39, 0.29) is 17.2 Å². The molecule has 1 aliphatic rings. The van der Waals surface area contributed by atoms with Crippen LogP contribution in [0.1, 0.15) is 28.8 Å². The molecule has 0 saturated carbocycles. The van der Waals surface area contributed by atoms with Gasteiger partial charge in [0.15, 0.2) is 0 Å². The van der Waals surface area contributed by atoms with Gasteiger partial charge in [-0.1, -0.05) is 12.1 Å². The number of rotatable bonds is 4. The molecule has 1 atom stereocenters. The molecule has 1 aliphatic heterocycles. The Bertz CT molecular complexity index is 846. The number of carbonyl (C=O) groups is 2. The Morgan fingerprint density at radius 3 is 2.37 bits per heavy atom. The third-order valence-corrected chi connectivity index (χ3v) is 4.06. The predicted molar refractivity (Wildman–Crippen MR) is 93.4 cm³/mol. The van der Waals surface area contributed by atoms with Gasteiger partial charge in [0.1, 0.15) is 6.10 Å². The van der Waals surface area contributed by atoms with Crippen molar-refractivity contribution in [1.82, 2.24) is 0 Å². The maximum absolute atomic E-state index is 12.8. The average Bonchev–Trinajstić information content (AvgIpc) is 3.16. The minimum atomic E-state index is -4.49. The zero-order chi connectivity index (χ0) is 19.4. The molecule has 0 aliphatic carbocycles. The van der Waals surface area contributed by atoms with E-state index in [1.807, 2.05) is 0 Å². The molecule has 2 aromatic rings. The SMILES string of the molecule is O=C(Nc1cccc(C(F)(F)F)c1)c1cccc(NC(=O)[C@H]2CCCO2)c1. The third kappa shape index (κ3) is 4.85. The van der Waals surface area contributed by atoms with Crippen LogP contribution in [-0.2, 0) is 15.7 Å². The third-order valence-electron chi connectivity index (χ3n) is 4.06. The van der Waals surface area contributed by atoms with Crippen LogP contribution < -0.4 is 10.6 Å². The summed E-state index contributed by atoms with van der Waals surface area (Å²) in [5, 5.41) is 5.11. The molecule has 27 heavy (non-hydrogen) atoms. The number of alkyl halides is 3. The molecule has 0 radical (unpaired) electrons. The molecule has 0 unspecified atom stereocenters. The molecule has 142 valence electrons. The summed E-state index contributed by atoms with van der Waals surface area (Å²) in [6.07, 6.45) is -3.54. The van der Waals surface area contributed by atoms with E-state index in [1.165, 1.54) is 24.3 Å². The van der Waals surface area contributed by atoms with Gasteiger partial charge in [-0.05, 0) is 49.2 Å². The molecule has 5 nitrogen and oxygen atoms in total. The van der Waals surface area contributed by atoms with Crippen LogP contribution in [0.3, 0.4) is 0 Å². The van der Waals surface area contributed by atoms with Gasteiger partial charge < -0.3 is 15.4 Å². The van der Waals surface area contributed by atoms with Crippen LogP contribution in [-0.4, -0.2) is 24.5 Å². The second-order valence-corrected chi connectivity index (χ2v) is 6.10. The smallest absolute Gasteiger partial charge is 0.368 e. The number of amides is 2. The molecular formula is C19H17F3N2O3. The normalized spacial score (nSPS) is 16.8. The highest BCUT2D eigenvalue weighted by atomic mass is 19.4. The first-order valence-electron chi connectivity index (χ1n) is 8.34. The Labute approximate surface area is 153 Å². The molecule has 0 bridgehead atoms. The minimum Gasteiger partial charge on any atom is -0.368 e. The number of carbonyl (C=O) groups excluding carboxylic acids is 2. The van der Waals surface area contributed by atoms with Crippen molar-refractivity contribution in [2.45, 2.75) is 25.1 Å². The molecule has 3 rings (SSSR count). The van der Waals surface area contributed by atoms with Crippen LogP contribution in [0.15, 0.2) is 48.5 Å². The van der Waals surface area contributed by atoms with Crippen LogP contribution in [0.2, 0.25) is 0 Å². The summed E-state index contributed by atoms with van der Waals surface area (Å²) >= 11 is 0. The van der Waals surface area contributed by atoms with Crippen LogP contribution in [0.25, 0.3) is 0 Å². The zero-order valence-corrected chi connectivity index (χ0v) is 14.2. The lowest BCUT2D eigenvalue weighted by molar-refractivity contribution is -0.137. The van der Waals surface area contributed by atoms with E-state index in [2.05, 4.69) is 10.6 Å². The van der Waals surface area contributed by atoms with Crippen molar-refractivity contribution < 1.29 is 27.5 Å². The van der Waals surface area contributed by atoms with Gasteiger partial charge in [-0.25, -0.2) is 0 Å². The zero-order valence-electron chi connectivity index (χ0n) is 14.2. The van der Waals surface area contributed by atoms with E-state index in [9.17, 15) is 22.8 Å². The molecule has 2 N–H and O–H groups in total. The van der Waals surface area contributed by atoms with Gasteiger partial charge >= 0.3 is 6.18 Å². The summed E-state index contributed by atoms with van der Waals surface area (Å²) < 4.78 is 43.6. The molecule has 2 aromatic carbocycles. The van der Waals surface area contributed by atoms with Crippen molar-refractivity contribution in [3.63, 3.8) is 0 Å². The average molecular weight is 378 g/mol. The Morgan fingerprint density at radius 1 is 1.00 bits per heavy atom. The van der Waals surface area contributed by atoms with Gasteiger partial charge in [-0.2, -0.15) is 13.2 Å². The minimum absolute atomic E-state index is 0.0311. The summed E-state index contributed by atoms with van der Waals surface area (Å²) in [6.45, 7) is 0.539.